The second kappa shape index (κ2) is 6.21. The first-order valence-electron chi connectivity index (χ1n) is 6.83. The molecule has 0 aliphatic carbocycles. The molecule has 0 radical (unpaired) electrons. The first-order chi connectivity index (χ1) is 11.4. The van der Waals surface area contributed by atoms with E-state index in [4.69, 9.17) is 0 Å². The zero-order valence-electron chi connectivity index (χ0n) is 12.1. The van der Waals surface area contributed by atoms with Crippen molar-refractivity contribution in [3.8, 4) is 0 Å². The van der Waals surface area contributed by atoms with E-state index >= 15 is 0 Å². The number of non-ortho nitro benzene ring substituents is 1. The highest BCUT2D eigenvalue weighted by Gasteiger charge is 2.18. The van der Waals surface area contributed by atoms with Gasteiger partial charge in [0.1, 0.15) is 0 Å². The van der Waals surface area contributed by atoms with Gasteiger partial charge in [0.25, 0.3) is 15.7 Å². The summed E-state index contributed by atoms with van der Waals surface area (Å²) in [5, 5.41) is 12.0. The summed E-state index contributed by atoms with van der Waals surface area (Å²) in [6, 6.07) is 15.5. The normalized spacial score (nSPS) is 11.4. The number of nitro groups is 1. The number of fused-ring (bicyclic) bond motifs is 1. The highest BCUT2D eigenvalue weighted by molar-refractivity contribution is 9.10. The molecule has 1 N–H and O–H groups in total. The Balaban J connectivity index is 2.09. The van der Waals surface area contributed by atoms with Crippen LogP contribution in [0, 0.1) is 10.1 Å². The molecule has 0 heterocycles. The number of nitro benzene ring substituents is 1. The predicted molar refractivity (Wildman–Crippen MR) is 95.6 cm³/mol. The molecular formula is C16H11BrN2O4S. The molecule has 0 saturated heterocycles. The molecule has 0 spiro atoms. The molecule has 0 amide bonds. The van der Waals surface area contributed by atoms with E-state index in [2.05, 4.69) is 20.7 Å². The van der Waals surface area contributed by atoms with E-state index in [1.165, 1.54) is 24.3 Å². The lowest BCUT2D eigenvalue weighted by atomic mass is 10.1. The number of halogens is 1. The Bertz CT molecular complexity index is 1030. The topological polar surface area (TPSA) is 89.3 Å². The fourth-order valence-electron chi connectivity index (χ4n) is 2.36. The Labute approximate surface area is 146 Å². The third-order valence-electron chi connectivity index (χ3n) is 3.46. The second-order valence-electron chi connectivity index (χ2n) is 4.99. The third kappa shape index (κ3) is 3.10. The molecule has 0 aromatic heterocycles. The van der Waals surface area contributed by atoms with Crippen molar-refractivity contribution in [3.63, 3.8) is 0 Å². The Morgan fingerprint density at radius 2 is 1.54 bits per heavy atom. The number of anilines is 1. The van der Waals surface area contributed by atoms with E-state index < -0.39 is 14.9 Å². The van der Waals surface area contributed by atoms with E-state index in [0.717, 1.165) is 4.47 Å². The molecule has 0 atom stereocenters. The Kier molecular flexibility index (Phi) is 4.25. The molecule has 3 aromatic rings. The maximum atomic E-state index is 12.5. The van der Waals surface area contributed by atoms with Gasteiger partial charge in [0.05, 0.1) is 20.9 Å². The average molecular weight is 407 g/mol. The smallest absolute Gasteiger partial charge is 0.277 e. The lowest BCUT2D eigenvalue weighted by Gasteiger charge is -2.11. The van der Waals surface area contributed by atoms with Crippen LogP contribution in [0.3, 0.4) is 0 Å². The van der Waals surface area contributed by atoms with Gasteiger partial charge in [-0.1, -0.05) is 34.1 Å². The molecule has 0 aliphatic heterocycles. The van der Waals surface area contributed by atoms with E-state index in [-0.39, 0.29) is 10.6 Å². The molecule has 0 unspecified atom stereocenters. The summed E-state index contributed by atoms with van der Waals surface area (Å²) in [7, 11) is -3.80. The Morgan fingerprint density at radius 1 is 0.917 bits per heavy atom. The van der Waals surface area contributed by atoms with Gasteiger partial charge >= 0.3 is 0 Å². The van der Waals surface area contributed by atoms with Gasteiger partial charge < -0.3 is 0 Å². The van der Waals surface area contributed by atoms with E-state index in [1.807, 2.05) is 0 Å². The molecule has 8 heteroatoms. The van der Waals surface area contributed by atoms with Gasteiger partial charge in [-0.25, -0.2) is 8.42 Å². The predicted octanol–water partition coefficient (Wildman–Crippen LogP) is 4.31. The van der Waals surface area contributed by atoms with Crippen LogP contribution in [0.1, 0.15) is 0 Å². The zero-order chi connectivity index (χ0) is 17.3. The number of hydrogen-bond donors (Lipinski definition) is 1. The summed E-state index contributed by atoms with van der Waals surface area (Å²) >= 11 is 3.25. The summed E-state index contributed by atoms with van der Waals surface area (Å²) < 4.78 is 28.3. The van der Waals surface area contributed by atoms with E-state index in [9.17, 15) is 18.5 Å². The molecule has 0 fully saturated rings. The van der Waals surface area contributed by atoms with E-state index in [1.54, 1.807) is 36.4 Å². The molecule has 24 heavy (non-hydrogen) atoms. The first-order valence-corrected chi connectivity index (χ1v) is 9.10. The molecule has 6 nitrogen and oxygen atoms in total. The van der Waals surface area contributed by atoms with Crippen LogP contribution in [0.25, 0.3) is 10.8 Å². The van der Waals surface area contributed by atoms with Crippen LogP contribution in [0.2, 0.25) is 0 Å². The minimum Gasteiger partial charge on any atom is -0.279 e. The van der Waals surface area contributed by atoms with E-state index in [0.29, 0.717) is 16.5 Å². The summed E-state index contributed by atoms with van der Waals surface area (Å²) in [5.74, 6) is 0. The monoisotopic (exact) mass is 406 g/mol. The lowest BCUT2D eigenvalue weighted by Crippen LogP contribution is -2.13. The number of nitrogens with one attached hydrogen (secondary N) is 1. The fourth-order valence-corrected chi connectivity index (χ4v) is 3.70. The number of rotatable bonds is 4. The Morgan fingerprint density at radius 3 is 2.21 bits per heavy atom. The van der Waals surface area contributed by atoms with Crippen molar-refractivity contribution in [1.82, 2.24) is 0 Å². The van der Waals surface area contributed by atoms with Crippen molar-refractivity contribution in [1.29, 1.82) is 0 Å². The van der Waals surface area contributed by atoms with Gasteiger partial charge in [-0.3, -0.25) is 14.8 Å². The summed E-state index contributed by atoms with van der Waals surface area (Å²) in [6.07, 6.45) is 0. The highest BCUT2D eigenvalue weighted by atomic mass is 79.9. The van der Waals surface area contributed by atoms with Crippen LogP contribution < -0.4 is 4.72 Å². The van der Waals surface area contributed by atoms with Crippen molar-refractivity contribution in [2.75, 3.05) is 4.72 Å². The van der Waals surface area contributed by atoms with Gasteiger partial charge in [-0.2, -0.15) is 0 Å². The maximum Gasteiger partial charge on any atom is 0.277 e. The fraction of sp³-hybridized carbons (Fsp3) is 0. The van der Waals surface area contributed by atoms with Gasteiger partial charge in [0.2, 0.25) is 0 Å². The molecule has 122 valence electrons. The summed E-state index contributed by atoms with van der Waals surface area (Å²) in [4.78, 5) is 10.7. The lowest BCUT2D eigenvalue weighted by molar-refractivity contribution is -0.383. The van der Waals surface area contributed by atoms with Crippen molar-refractivity contribution in [2.45, 2.75) is 4.90 Å². The van der Waals surface area contributed by atoms with Crippen LogP contribution in [-0.4, -0.2) is 13.3 Å². The number of hydrogen-bond acceptors (Lipinski definition) is 4. The minimum absolute atomic E-state index is 0.0720. The second-order valence-corrected chi connectivity index (χ2v) is 7.59. The van der Waals surface area contributed by atoms with Crippen LogP contribution in [0.15, 0.2) is 70.0 Å². The SMILES string of the molecule is O=[N+]([O-])c1cccc2c(NS(=O)(=O)c3ccc(Br)cc3)cccc12. The van der Waals surface area contributed by atoms with Crippen LogP contribution >= 0.6 is 15.9 Å². The van der Waals surface area contributed by atoms with Gasteiger partial charge in [0, 0.05) is 15.9 Å². The maximum absolute atomic E-state index is 12.5. The van der Waals surface area contributed by atoms with Crippen LogP contribution in [-0.2, 0) is 10.0 Å². The van der Waals surface area contributed by atoms with Gasteiger partial charge in [0.15, 0.2) is 0 Å². The molecular weight excluding hydrogens is 396 g/mol. The molecule has 3 aromatic carbocycles. The average Bonchev–Trinajstić information content (AvgIpc) is 2.54. The quantitative estimate of drug-likeness (QED) is 0.516. The third-order valence-corrected chi connectivity index (χ3v) is 5.37. The van der Waals surface area contributed by atoms with Gasteiger partial charge in [-0.15, -0.1) is 0 Å². The highest BCUT2D eigenvalue weighted by Crippen LogP contribution is 2.31. The standard InChI is InChI=1S/C16H11BrN2O4S/c17-11-7-9-12(10-8-11)24(22,23)18-15-5-1-4-14-13(15)3-2-6-16(14)19(20)21/h1-10,18H. The van der Waals surface area contributed by atoms with Crippen molar-refractivity contribution in [2.24, 2.45) is 0 Å². The van der Waals surface area contributed by atoms with Crippen molar-refractivity contribution in [3.05, 3.63) is 75.3 Å². The van der Waals surface area contributed by atoms with Crippen LogP contribution in [0.4, 0.5) is 11.4 Å². The summed E-state index contributed by atoms with van der Waals surface area (Å²) in [5.41, 5.74) is 0.219. The minimum atomic E-state index is -3.80. The first kappa shape index (κ1) is 16.4. The van der Waals surface area contributed by atoms with Crippen molar-refractivity contribution >= 4 is 48.1 Å². The number of benzene rings is 3. The molecule has 3 rings (SSSR count). The zero-order valence-corrected chi connectivity index (χ0v) is 14.5. The van der Waals surface area contributed by atoms with Gasteiger partial charge in [-0.05, 0) is 36.4 Å². The number of nitrogens with zero attached hydrogens (tertiary/aromatic N) is 1. The van der Waals surface area contributed by atoms with Crippen LogP contribution in [0.5, 0.6) is 0 Å². The Hall–Kier alpha value is -2.45. The molecule has 0 bridgehead atoms. The molecule has 0 aliphatic rings. The van der Waals surface area contributed by atoms with Crippen molar-refractivity contribution < 1.29 is 13.3 Å². The summed E-state index contributed by atoms with van der Waals surface area (Å²) in [6.45, 7) is 0. The number of sulfonamides is 1. The molecule has 0 saturated carbocycles. The largest absolute Gasteiger partial charge is 0.279 e.